The lowest BCUT2D eigenvalue weighted by Gasteiger charge is -2.32. The quantitative estimate of drug-likeness (QED) is 0.831. The first-order valence-corrected chi connectivity index (χ1v) is 8.36. The van der Waals surface area contributed by atoms with Crippen molar-refractivity contribution >= 4 is 0 Å². The van der Waals surface area contributed by atoms with E-state index in [9.17, 15) is 0 Å². The van der Waals surface area contributed by atoms with E-state index >= 15 is 0 Å². The average Bonchev–Trinajstić information content (AvgIpc) is 2.43. The molecule has 0 amide bonds. The Bertz CT molecular complexity index is 229. The molecule has 3 heteroatoms. The molecule has 1 saturated heterocycles. The van der Waals surface area contributed by atoms with Gasteiger partial charge < -0.3 is 14.8 Å². The summed E-state index contributed by atoms with van der Waals surface area (Å²) in [5.74, 6) is 0. The van der Waals surface area contributed by atoms with Crippen molar-refractivity contribution in [1.82, 2.24) is 5.32 Å². The summed E-state index contributed by atoms with van der Waals surface area (Å²) in [5, 5.41) is 3.62. The average molecular weight is 269 g/mol. The van der Waals surface area contributed by atoms with Gasteiger partial charge >= 0.3 is 0 Å². The Labute approximate surface area is 118 Å². The predicted octanol–water partition coefficient (Wildman–Crippen LogP) is 3.27. The molecule has 0 bridgehead atoms. The van der Waals surface area contributed by atoms with Gasteiger partial charge in [0.15, 0.2) is 0 Å². The van der Waals surface area contributed by atoms with Crippen LogP contribution in [0.25, 0.3) is 0 Å². The second-order valence-electron chi connectivity index (χ2n) is 6.02. The number of ether oxygens (including phenoxy) is 2. The van der Waals surface area contributed by atoms with Crippen LogP contribution in [0.4, 0.5) is 0 Å². The third-order valence-corrected chi connectivity index (χ3v) is 4.44. The molecule has 19 heavy (non-hydrogen) atoms. The number of hydrogen-bond donors (Lipinski definition) is 1. The number of hydrogen-bond acceptors (Lipinski definition) is 3. The zero-order chi connectivity index (χ0) is 13.3. The first kappa shape index (κ1) is 15.3. The van der Waals surface area contributed by atoms with Crippen LogP contribution in [0.3, 0.4) is 0 Å². The molecule has 0 aromatic carbocycles. The molecule has 3 nitrogen and oxygen atoms in total. The Morgan fingerprint density at radius 1 is 1.00 bits per heavy atom. The second kappa shape index (κ2) is 8.93. The first-order chi connectivity index (χ1) is 9.40. The van der Waals surface area contributed by atoms with E-state index in [0.29, 0.717) is 18.2 Å². The van der Waals surface area contributed by atoms with Crippen LogP contribution in [-0.2, 0) is 9.47 Å². The summed E-state index contributed by atoms with van der Waals surface area (Å²) in [6.07, 6.45) is 12.4. The zero-order valence-corrected chi connectivity index (χ0v) is 12.5. The summed E-state index contributed by atoms with van der Waals surface area (Å²) < 4.78 is 12.0. The fraction of sp³-hybridized carbons (Fsp3) is 1.00. The van der Waals surface area contributed by atoms with Crippen LogP contribution >= 0.6 is 0 Å². The van der Waals surface area contributed by atoms with Gasteiger partial charge in [-0.2, -0.15) is 0 Å². The summed E-state index contributed by atoms with van der Waals surface area (Å²) in [5.41, 5.74) is 0. The number of nitrogens with one attached hydrogen (secondary N) is 1. The molecule has 3 atom stereocenters. The molecule has 112 valence electrons. The van der Waals surface area contributed by atoms with Crippen molar-refractivity contribution in [2.45, 2.75) is 83.0 Å². The molecule has 1 heterocycles. The van der Waals surface area contributed by atoms with Gasteiger partial charge in [-0.25, -0.2) is 0 Å². The fourth-order valence-corrected chi connectivity index (χ4v) is 3.32. The molecule has 1 aliphatic carbocycles. The highest BCUT2D eigenvalue weighted by molar-refractivity contribution is 4.79. The molecule has 0 aromatic heterocycles. The molecule has 1 aliphatic heterocycles. The minimum atomic E-state index is 0.349. The van der Waals surface area contributed by atoms with Crippen LogP contribution in [-0.4, -0.2) is 38.0 Å². The van der Waals surface area contributed by atoms with Gasteiger partial charge in [-0.3, -0.25) is 0 Å². The number of likely N-dealkylation sites (N-methyl/N-ethyl adjacent to an activating group) is 1. The molecule has 0 radical (unpaired) electrons. The highest BCUT2D eigenvalue weighted by atomic mass is 16.5. The van der Waals surface area contributed by atoms with Crippen molar-refractivity contribution in [3.8, 4) is 0 Å². The monoisotopic (exact) mass is 269 g/mol. The number of rotatable bonds is 5. The maximum atomic E-state index is 6.24. The lowest BCUT2D eigenvalue weighted by atomic mass is 9.94. The van der Waals surface area contributed by atoms with E-state index in [1.165, 1.54) is 57.8 Å². The molecule has 3 unspecified atom stereocenters. The normalized spacial score (nSPS) is 33.6. The largest absolute Gasteiger partial charge is 0.376 e. The second-order valence-corrected chi connectivity index (χ2v) is 6.02. The van der Waals surface area contributed by atoms with Crippen molar-refractivity contribution in [2.24, 2.45) is 0 Å². The van der Waals surface area contributed by atoms with Crippen molar-refractivity contribution in [3.05, 3.63) is 0 Å². The molecule has 0 aromatic rings. The summed E-state index contributed by atoms with van der Waals surface area (Å²) in [4.78, 5) is 0. The highest BCUT2D eigenvalue weighted by Gasteiger charge is 2.24. The van der Waals surface area contributed by atoms with Gasteiger partial charge in [0.2, 0.25) is 0 Å². The van der Waals surface area contributed by atoms with Gasteiger partial charge in [0.1, 0.15) is 0 Å². The van der Waals surface area contributed by atoms with Crippen molar-refractivity contribution in [3.63, 3.8) is 0 Å². The minimum absolute atomic E-state index is 0.349. The van der Waals surface area contributed by atoms with E-state index in [-0.39, 0.29) is 0 Å². The summed E-state index contributed by atoms with van der Waals surface area (Å²) in [6.45, 7) is 4.96. The van der Waals surface area contributed by atoms with E-state index in [2.05, 4.69) is 12.2 Å². The van der Waals surface area contributed by atoms with E-state index in [4.69, 9.17) is 9.47 Å². The Morgan fingerprint density at radius 2 is 1.79 bits per heavy atom. The molecule has 2 fully saturated rings. The molecule has 2 aliphatic rings. The molecular weight excluding hydrogens is 238 g/mol. The third-order valence-electron chi connectivity index (χ3n) is 4.44. The first-order valence-electron chi connectivity index (χ1n) is 8.36. The Morgan fingerprint density at radius 3 is 2.53 bits per heavy atom. The van der Waals surface area contributed by atoms with Gasteiger partial charge in [0.25, 0.3) is 0 Å². The van der Waals surface area contributed by atoms with Gasteiger partial charge in [-0.05, 0) is 38.6 Å². The summed E-state index contributed by atoms with van der Waals surface area (Å²) >= 11 is 0. The van der Waals surface area contributed by atoms with Crippen LogP contribution in [0.15, 0.2) is 0 Å². The Kier molecular flexibility index (Phi) is 7.18. The smallest absolute Gasteiger partial charge is 0.0808 e. The van der Waals surface area contributed by atoms with Gasteiger partial charge in [-0.1, -0.05) is 32.6 Å². The van der Waals surface area contributed by atoms with E-state index in [1.54, 1.807) is 0 Å². The van der Waals surface area contributed by atoms with E-state index in [1.807, 2.05) is 0 Å². The van der Waals surface area contributed by atoms with Gasteiger partial charge in [-0.15, -0.1) is 0 Å². The Hall–Kier alpha value is -0.120. The molecule has 1 N–H and O–H groups in total. The van der Waals surface area contributed by atoms with Crippen LogP contribution in [0, 0.1) is 0 Å². The molecular formula is C16H31NO2. The molecule has 0 spiro atoms. The Balaban J connectivity index is 1.78. The molecule has 1 saturated carbocycles. The predicted molar refractivity (Wildman–Crippen MR) is 78.5 cm³/mol. The van der Waals surface area contributed by atoms with Crippen molar-refractivity contribution in [2.75, 3.05) is 19.8 Å². The van der Waals surface area contributed by atoms with Crippen molar-refractivity contribution in [1.29, 1.82) is 0 Å². The van der Waals surface area contributed by atoms with Crippen LogP contribution in [0.5, 0.6) is 0 Å². The topological polar surface area (TPSA) is 30.5 Å². The standard InChI is InChI=1S/C16H31NO2/c1-2-17-15-10-5-3-4-6-11-16(15)19-13-14-9-7-8-12-18-14/h14-17H,2-13H2,1H3. The molecule has 2 rings (SSSR count). The third kappa shape index (κ3) is 5.41. The maximum Gasteiger partial charge on any atom is 0.0808 e. The van der Waals surface area contributed by atoms with Crippen LogP contribution in [0.2, 0.25) is 0 Å². The maximum absolute atomic E-state index is 6.24. The fourth-order valence-electron chi connectivity index (χ4n) is 3.32. The summed E-state index contributed by atoms with van der Waals surface area (Å²) in [7, 11) is 0. The minimum Gasteiger partial charge on any atom is -0.376 e. The summed E-state index contributed by atoms with van der Waals surface area (Å²) in [6, 6.07) is 0.550. The van der Waals surface area contributed by atoms with Crippen LogP contribution in [0.1, 0.15) is 64.7 Å². The van der Waals surface area contributed by atoms with E-state index in [0.717, 1.165) is 19.8 Å². The lowest BCUT2D eigenvalue weighted by molar-refractivity contribution is -0.0745. The lowest BCUT2D eigenvalue weighted by Crippen LogP contribution is -2.43. The zero-order valence-electron chi connectivity index (χ0n) is 12.5. The van der Waals surface area contributed by atoms with Crippen LogP contribution < -0.4 is 5.32 Å². The van der Waals surface area contributed by atoms with Gasteiger partial charge in [0, 0.05) is 12.6 Å². The highest BCUT2D eigenvalue weighted by Crippen LogP contribution is 2.22. The van der Waals surface area contributed by atoms with Crippen molar-refractivity contribution < 1.29 is 9.47 Å². The van der Waals surface area contributed by atoms with E-state index < -0.39 is 0 Å². The van der Waals surface area contributed by atoms with Gasteiger partial charge in [0.05, 0.1) is 18.8 Å². The SMILES string of the molecule is CCNC1CCCCCCC1OCC1CCCCO1.